The van der Waals surface area contributed by atoms with Crippen LogP contribution in [0.15, 0.2) is 22.4 Å². The molecular weight excluding hydrogens is 178 g/mol. The molecule has 74 valence electrons. The van der Waals surface area contributed by atoms with E-state index in [1.54, 1.807) is 0 Å². The van der Waals surface area contributed by atoms with Crippen LogP contribution >= 0.6 is 0 Å². The van der Waals surface area contributed by atoms with Gasteiger partial charge in [-0.2, -0.15) is 0 Å². The van der Waals surface area contributed by atoms with Crippen LogP contribution in [0.25, 0.3) is 0 Å². The minimum Gasteiger partial charge on any atom is -0.752 e. The van der Waals surface area contributed by atoms with Gasteiger partial charge in [-0.15, -0.1) is 0 Å². The van der Waals surface area contributed by atoms with Gasteiger partial charge in [-0.05, 0) is 43.3 Å². The number of nitrogens with zero attached hydrogens (tertiary/aromatic N) is 1. The van der Waals surface area contributed by atoms with E-state index >= 15 is 0 Å². The summed E-state index contributed by atoms with van der Waals surface area (Å²) in [7, 11) is 0. The standard InChI is InChI=1S/C11H12NO2/c13-11-6-9-8-3-1-2-7(8)4-5-10(9)12(11)14/h1-6H2/q-1. The molecule has 3 rings (SSSR count). The first-order valence-electron chi connectivity index (χ1n) is 5.21. The van der Waals surface area contributed by atoms with Gasteiger partial charge in [-0.3, -0.25) is 4.79 Å². The Labute approximate surface area is 82.7 Å². The summed E-state index contributed by atoms with van der Waals surface area (Å²) in [4.78, 5) is 11.3. The zero-order valence-electron chi connectivity index (χ0n) is 8.01. The molecular formula is C11H12NO2-. The van der Waals surface area contributed by atoms with Gasteiger partial charge in [0.15, 0.2) is 0 Å². The van der Waals surface area contributed by atoms with Gasteiger partial charge in [-0.1, -0.05) is 5.57 Å². The summed E-state index contributed by atoms with van der Waals surface area (Å²) >= 11 is 0. The molecule has 0 radical (unpaired) electrons. The Bertz CT molecular complexity index is 379. The predicted octanol–water partition coefficient (Wildman–Crippen LogP) is 2.24. The number of fused-ring (bicyclic) bond motifs is 1. The maximum absolute atomic E-state index is 11.4. The molecule has 1 heterocycles. The molecule has 0 atom stereocenters. The fourth-order valence-electron chi connectivity index (χ4n) is 2.85. The number of hydrogen-bond donors (Lipinski definition) is 0. The van der Waals surface area contributed by atoms with Gasteiger partial charge in [0.25, 0.3) is 0 Å². The van der Waals surface area contributed by atoms with Gasteiger partial charge >= 0.3 is 0 Å². The van der Waals surface area contributed by atoms with E-state index in [4.69, 9.17) is 0 Å². The lowest BCUT2D eigenvalue weighted by atomic mass is 9.90. The van der Waals surface area contributed by atoms with E-state index in [9.17, 15) is 10.0 Å². The molecule has 2 aliphatic carbocycles. The van der Waals surface area contributed by atoms with Gasteiger partial charge < -0.3 is 10.3 Å². The van der Waals surface area contributed by atoms with Crippen molar-refractivity contribution in [2.24, 2.45) is 0 Å². The topological polar surface area (TPSA) is 43.4 Å². The Kier molecular flexibility index (Phi) is 1.59. The van der Waals surface area contributed by atoms with Crippen molar-refractivity contribution >= 4 is 5.91 Å². The minimum absolute atomic E-state index is 0.268. The van der Waals surface area contributed by atoms with Crippen LogP contribution in [0.1, 0.15) is 38.5 Å². The molecule has 0 aromatic heterocycles. The van der Waals surface area contributed by atoms with E-state index in [-0.39, 0.29) is 5.91 Å². The van der Waals surface area contributed by atoms with E-state index < -0.39 is 0 Å². The summed E-state index contributed by atoms with van der Waals surface area (Å²) in [5, 5.41) is 12.0. The fourth-order valence-corrected chi connectivity index (χ4v) is 2.85. The highest BCUT2D eigenvalue weighted by atomic mass is 16.5. The second kappa shape index (κ2) is 2.70. The summed E-state index contributed by atoms with van der Waals surface area (Å²) in [5.41, 5.74) is 4.68. The number of carbonyl (C=O) groups is 1. The molecule has 0 unspecified atom stereocenters. The third-order valence-corrected chi connectivity index (χ3v) is 3.51. The molecule has 3 nitrogen and oxygen atoms in total. The zero-order valence-corrected chi connectivity index (χ0v) is 8.01. The Morgan fingerprint density at radius 3 is 2.79 bits per heavy atom. The summed E-state index contributed by atoms with van der Waals surface area (Å²) in [6, 6.07) is 0. The largest absolute Gasteiger partial charge is 0.752 e. The van der Waals surface area contributed by atoms with E-state index in [0.29, 0.717) is 11.5 Å². The molecule has 1 aliphatic heterocycles. The van der Waals surface area contributed by atoms with E-state index in [2.05, 4.69) is 0 Å². The molecule has 0 saturated carbocycles. The number of hydroxylamine groups is 2. The maximum Gasteiger partial charge on any atom is 0.220 e. The second-order valence-corrected chi connectivity index (χ2v) is 4.23. The van der Waals surface area contributed by atoms with Crippen molar-refractivity contribution in [1.82, 2.24) is 5.06 Å². The van der Waals surface area contributed by atoms with Gasteiger partial charge in [0.1, 0.15) is 0 Å². The molecule has 1 amide bonds. The Morgan fingerprint density at radius 1 is 1.07 bits per heavy atom. The number of amides is 1. The van der Waals surface area contributed by atoms with Crippen LogP contribution in [0.4, 0.5) is 0 Å². The molecule has 0 N–H and O–H groups in total. The van der Waals surface area contributed by atoms with Crippen LogP contribution in [0.5, 0.6) is 0 Å². The first kappa shape index (κ1) is 8.24. The Balaban J connectivity index is 2.06. The Morgan fingerprint density at radius 2 is 1.93 bits per heavy atom. The zero-order chi connectivity index (χ0) is 9.71. The summed E-state index contributed by atoms with van der Waals surface area (Å²) < 4.78 is 0. The van der Waals surface area contributed by atoms with Gasteiger partial charge in [-0.25, -0.2) is 0 Å². The first-order valence-corrected chi connectivity index (χ1v) is 5.21. The smallest absolute Gasteiger partial charge is 0.220 e. The minimum atomic E-state index is -0.268. The monoisotopic (exact) mass is 190 g/mol. The first-order chi connectivity index (χ1) is 6.77. The van der Waals surface area contributed by atoms with Crippen LogP contribution in [-0.4, -0.2) is 11.0 Å². The van der Waals surface area contributed by atoms with Gasteiger partial charge in [0.05, 0.1) is 6.42 Å². The normalized spacial score (nSPS) is 26.1. The number of hydrogen-bond acceptors (Lipinski definition) is 2. The predicted molar refractivity (Wildman–Crippen MR) is 52.0 cm³/mol. The number of rotatable bonds is 0. The number of carbonyl (C=O) groups excluding carboxylic acids is 1. The molecule has 0 spiro atoms. The van der Waals surface area contributed by atoms with Crippen LogP contribution in [0.3, 0.4) is 0 Å². The van der Waals surface area contributed by atoms with Crippen molar-refractivity contribution < 1.29 is 4.79 Å². The third kappa shape index (κ3) is 0.932. The lowest BCUT2D eigenvalue weighted by Gasteiger charge is -2.28. The fraction of sp³-hybridized carbons (Fsp3) is 0.545. The lowest BCUT2D eigenvalue weighted by Crippen LogP contribution is -2.17. The molecule has 14 heavy (non-hydrogen) atoms. The van der Waals surface area contributed by atoms with Crippen LogP contribution in [0, 0.1) is 5.21 Å². The van der Waals surface area contributed by atoms with Crippen molar-refractivity contribution in [2.45, 2.75) is 38.5 Å². The van der Waals surface area contributed by atoms with Gasteiger partial charge in [0.2, 0.25) is 5.91 Å². The quantitative estimate of drug-likeness (QED) is 0.588. The van der Waals surface area contributed by atoms with Gasteiger partial charge in [0, 0.05) is 5.70 Å². The maximum atomic E-state index is 11.4. The Hall–Kier alpha value is -1.09. The van der Waals surface area contributed by atoms with Crippen LogP contribution < -0.4 is 0 Å². The SMILES string of the molecule is O=C1CC2=C(CCC3=C2CCC3)N1[O-]. The summed E-state index contributed by atoms with van der Waals surface area (Å²) in [6.07, 6.45) is 5.60. The van der Waals surface area contributed by atoms with E-state index in [1.165, 1.54) is 24.0 Å². The lowest BCUT2D eigenvalue weighted by molar-refractivity contribution is -0.125. The molecule has 0 aromatic carbocycles. The highest BCUT2D eigenvalue weighted by molar-refractivity contribution is 5.86. The average Bonchev–Trinajstić information content (AvgIpc) is 2.73. The van der Waals surface area contributed by atoms with Crippen molar-refractivity contribution in [3.05, 3.63) is 27.6 Å². The van der Waals surface area contributed by atoms with Crippen LogP contribution in [-0.2, 0) is 4.79 Å². The highest BCUT2D eigenvalue weighted by Gasteiger charge is 2.32. The van der Waals surface area contributed by atoms with E-state index in [1.807, 2.05) is 0 Å². The summed E-state index contributed by atoms with van der Waals surface area (Å²) in [6.45, 7) is 0. The molecule has 0 aromatic rings. The molecule has 0 bridgehead atoms. The van der Waals surface area contributed by atoms with Crippen molar-refractivity contribution in [2.75, 3.05) is 0 Å². The molecule has 0 fully saturated rings. The molecule has 3 aliphatic rings. The molecule has 3 heteroatoms. The van der Waals surface area contributed by atoms with Crippen molar-refractivity contribution in [3.8, 4) is 0 Å². The number of allylic oxidation sites excluding steroid dienone is 3. The van der Waals surface area contributed by atoms with Crippen LogP contribution in [0.2, 0.25) is 0 Å². The third-order valence-electron chi connectivity index (χ3n) is 3.51. The second-order valence-electron chi connectivity index (χ2n) is 4.23. The molecule has 0 saturated heterocycles. The van der Waals surface area contributed by atoms with Crippen molar-refractivity contribution in [3.63, 3.8) is 0 Å². The highest BCUT2D eigenvalue weighted by Crippen LogP contribution is 2.45. The van der Waals surface area contributed by atoms with E-state index in [0.717, 1.165) is 30.5 Å². The average molecular weight is 190 g/mol. The van der Waals surface area contributed by atoms with Crippen molar-refractivity contribution in [1.29, 1.82) is 0 Å². The summed E-state index contributed by atoms with van der Waals surface area (Å²) in [5.74, 6) is -0.268.